The van der Waals surface area contributed by atoms with Gasteiger partial charge in [-0.05, 0) is 42.5 Å². The molecule has 0 spiro atoms. The van der Waals surface area contributed by atoms with Gasteiger partial charge in [0.15, 0.2) is 0 Å². The Labute approximate surface area is 104 Å². The first kappa shape index (κ1) is 11.9. The van der Waals surface area contributed by atoms with Gasteiger partial charge in [-0.1, -0.05) is 0 Å². The highest BCUT2D eigenvalue weighted by Gasteiger charge is 2.02. The summed E-state index contributed by atoms with van der Waals surface area (Å²) < 4.78 is 18.4. The minimum absolute atomic E-state index is 0.0373. The molecule has 4 heteroatoms. The van der Waals surface area contributed by atoms with Crippen molar-refractivity contribution in [2.75, 3.05) is 12.4 Å². The lowest BCUT2D eigenvalue weighted by Gasteiger charge is -2.07. The van der Waals surface area contributed by atoms with E-state index in [4.69, 9.17) is 10.00 Å². The predicted octanol–water partition coefficient (Wildman–Crippen LogP) is 3.45. The van der Waals surface area contributed by atoms with Gasteiger partial charge in [-0.3, -0.25) is 0 Å². The maximum absolute atomic E-state index is 13.4. The summed E-state index contributed by atoms with van der Waals surface area (Å²) in [5, 5.41) is 11.7. The van der Waals surface area contributed by atoms with Crippen molar-refractivity contribution in [3.05, 3.63) is 53.8 Å². The van der Waals surface area contributed by atoms with Crippen LogP contribution in [0.3, 0.4) is 0 Å². The van der Waals surface area contributed by atoms with Crippen molar-refractivity contribution in [2.45, 2.75) is 0 Å². The van der Waals surface area contributed by atoms with Crippen LogP contribution < -0.4 is 10.1 Å². The van der Waals surface area contributed by atoms with E-state index in [1.54, 1.807) is 19.2 Å². The molecular weight excluding hydrogens is 231 g/mol. The van der Waals surface area contributed by atoms with Gasteiger partial charge in [0, 0.05) is 11.4 Å². The summed E-state index contributed by atoms with van der Waals surface area (Å²) >= 11 is 0. The molecule has 0 aliphatic carbocycles. The van der Waals surface area contributed by atoms with Crippen LogP contribution in [0.4, 0.5) is 15.8 Å². The van der Waals surface area contributed by atoms with Crippen LogP contribution in [0.2, 0.25) is 0 Å². The van der Waals surface area contributed by atoms with Gasteiger partial charge >= 0.3 is 0 Å². The zero-order valence-corrected chi connectivity index (χ0v) is 9.77. The van der Waals surface area contributed by atoms with Crippen molar-refractivity contribution in [3.8, 4) is 11.8 Å². The third-order valence-corrected chi connectivity index (χ3v) is 2.47. The molecule has 0 amide bonds. The molecule has 1 N–H and O–H groups in total. The van der Waals surface area contributed by atoms with Crippen molar-refractivity contribution in [1.82, 2.24) is 0 Å². The van der Waals surface area contributed by atoms with Gasteiger partial charge in [-0.25, -0.2) is 4.39 Å². The maximum Gasteiger partial charge on any atom is 0.143 e. The zero-order chi connectivity index (χ0) is 13.0. The summed E-state index contributed by atoms with van der Waals surface area (Å²) in [4.78, 5) is 0. The largest absolute Gasteiger partial charge is 0.497 e. The van der Waals surface area contributed by atoms with Gasteiger partial charge in [-0.15, -0.1) is 0 Å². The highest BCUT2D eigenvalue weighted by Crippen LogP contribution is 2.21. The number of hydrogen-bond acceptors (Lipinski definition) is 3. The Kier molecular flexibility index (Phi) is 3.44. The Hall–Kier alpha value is -2.54. The Balaban J connectivity index is 2.18. The van der Waals surface area contributed by atoms with Crippen LogP contribution in [0.5, 0.6) is 5.75 Å². The molecule has 0 aromatic heterocycles. The summed E-state index contributed by atoms with van der Waals surface area (Å²) in [5.41, 5.74) is 1.45. The van der Waals surface area contributed by atoms with Crippen LogP contribution in [-0.2, 0) is 0 Å². The van der Waals surface area contributed by atoms with E-state index in [2.05, 4.69) is 5.32 Å². The predicted molar refractivity (Wildman–Crippen MR) is 67.4 cm³/mol. The molecule has 0 unspecified atom stereocenters. The number of rotatable bonds is 3. The van der Waals surface area contributed by atoms with Gasteiger partial charge in [-0.2, -0.15) is 5.26 Å². The van der Waals surface area contributed by atoms with E-state index >= 15 is 0 Å². The van der Waals surface area contributed by atoms with E-state index in [0.717, 1.165) is 11.4 Å². The molecule has 0 atom stereocenters. The maximum atomic E-state index is 13.4. The molecule has 0 saturated carbocycles. The Bertz CT molecular complexity index is 588. The van der Waals surface area contributed by atoms with Gasteiger partial charge in [0.2, 0.25) is 0 Å². The molecule has 0 heterocycles. The molecule has 0 saturated heterocycles. The van der Waals surface area contributed by atoms with Gasteiger partial charge < -0.3 is 10.1 Å². The summed E-state index contributed by atoms with van der Waals surface area (Å²) in [7, 11) is 1.60. The second-order valence-corrected chi connectivity index (χ2v) is 3.66. The number of nitrogens with one attached hydrogen (secondary N) is 1. The third kappa shape index (κ3) is 2.58. The van der Waals surface area contributed by atoms with Crippen molar-refractivity contribution in [1.29, 1.82) is 5.26 Å². The molecule has 90 valence electrons. The minimum Gasteiger partial charge on any atom is -0.497 e. The lowest BCUT2D eigenvalue weighted by Crippen LogP contribution is -1.92. The SMILES string of the molecule is COc1ccc(Nc2ccc(C#N)c(F)c2)cc1. The number of ether oxygens (including phenoxy) is 1. The fourth-order valence-electron chi connectivity index (χ4n) is 1.52. The summed E-state index contributed by atoms with van der Waals surface area (Å²) in [6.07, 6.45) is 0. The van der Waals surface area contributed by atoms with E-state index in [1.807, 2.05) is 24.3 Å². The molecule has 0 fully saturated rings. The molecule has 0 aliphatic heterocycles. The molecule has 2 aromatic rings. The Morgan fingerprint density at radius 3 is 2.33 bits per heavy atom. The van der Waals surface area contributed by atoms with E-state index in [0.29, 0.717) is 5.69 Å². The fourth-order valence-corrected chi connectivity index (χ4v) is 1.52. The minimum atomic E-state index is -0.531. The molecule has 3 nitrogen and oxygen atoms in total. The summed E-state index contributed by atoms with van der Waals surface area (Å²) in [6, 6.07) is 13.5. The van der Waals surface area contributed by atoms with E-state index < -0.39 is 5.82 Å². The quantitative estimate of drug-likeness (QED) is 0.896. The monoisotopic (exact) mass is 242 g/mol. The van der Waals surface area contributed by atoms with E-state index in [9.17, 15) is 4.39 Å². The standard InChI is InChI=1S/C14H11FN2O/c1-18-13-6-4-11(5-7-13)17-12-3-2-10(9-16)14(15)8-12/h2-8,17H,1H3. The fraction of sp³-hybridized carbons (Fsp3) is 0.0714. The van der Waals surface area contributed by atoms with Crippen molar-refractivity contribution in [2.24, 2.45) is 0 Å². The summed E-state index contributed by atoms with van der Waals surface area (Å²) in [6.45, 7) is 0. The van der Waals surface area contributed by atoms with Crippen LogP contribution >= 0.6 is 0 Å². The van der Waals surface area contributed by atoms with Crippen molar-refractivity contribution < 1.29 is 9.13 Å². The number of methoxy groups -OCH3 is 1. The second kappa shape index (κ2) is 5.19. The first-order valence-corrected chi connectivity index (χ1v) is 5.33. The topological polar surface area (TPSA) is 45.0 Å². The highest BCUT2D eigenvalue weighted by atomic mass is 19.1. The first-order valence-electron chi connectivity index (χ1n) is 5.33. The summed E-state index contributed by atoms with van der Waals surface area (Å²) in [5.74, 6) is 0.225. The van der Waals surface area contributed by atoms with E-state index in [-0.39, 0.29) is 5.56 Å². The Morgan fingerprint density at radius 1 is 1.11 bits per heavy atom. The Morgan fingerprint density at radius 2 is 1.78 bits per heavy atom. The molecule has 0 aliphatic rings. The smallest absolute Gasteiger partial charge is 0.143 e. The number of hydrogen-bond donors (Lipinski definition) is 1. The number of anilines is 2. The van der Waals surface area contributed by atoms with Gasteiger partial charge in [0.05, 0.1) is 12.7 Å². The molecule has 2 rings (SSSR count). The third-order valence-electron chi connectivity index (χ3n) is 2.47. The van der Waals surface area contributed by atoms with Crippen LogP contribution in [-0.4, -0.2) is 7.11 Å². The molecule has 0 bridgehead atoms. The lowest BCUT2D eigenvalue weighted by atomic mass is 10.2. The molecule has 0 radical (unpaired) electrons. The first-order chi connectivity index (χ1) is 8.72. The van der Waals surface area contributed by atoms with Crippen molar-refractivity contribution >= 4 is 11.4 Å². The molecule has 18 heavy (non-hydrogen) atoms. The van der Waals surface area contributed by atoms with Gasteiger partial charge in [0.25, 0.3) is 0 Å². The number of nitrogens with zero attached hydrogens (tertiary/aromatic N) is 1. The van der Waals surface area contributed by atoms with Crippen molar-refractivity contribution in [3.63, 3.8) is 0 Å². The number of halogens is 1. The second-order valence-electron chi connectivity index (χ2n) is 3.66. The lowest BCUT2D eigenvalue weighted by molar-refractivity contribution is 0.415. The van der Waals surface area contributed by atoms with Crippen LogP contribution in [0, 0.1) is 17.1 Å². The van der Waals surface area contributed by atoms with Gasteiger partial charge in [0.1, 0.15) is 17.6 Å². The molecular formula is C14H11FN2O. The van der Waals surface area contributed by atoms with Crippen LogP contribution in [0.15, 0.2) is 42.5 Å². The normalized spacial score (nSPS) is 9.61. The van der Waals surface area contributed by atoms with E-state index in [1.165, 1.54) is 12.1 Å². The highest BCUT2D eigenvalue weighted by molar-refractivity contribution is 5.61. The zero-order valence-electron chi connectivity index (χ0n) is 9.77. The van der Waals surface area contributed by atoms with Crippen LogP contribution in [0.25, 0.3) is 0 Å². The number of benzene rings is 2. The average molecular weight is 242 g/mol. The molecule has 2 aromatic carbocycles. The van der Waals surface area contributed by atoms with Crippen LogP contribution in [0.1, 0.15) is 5.56 Å². The number of nitriles is 1. The average Bonchev–Trinajstić information content (AvgIpc) is 2.40.